The molecule has 0 aromatic heterocycles. The van der Waals surface area contributed by atoms with Gasteiger partial charge in [0, 0.05) is 32.2 Å². The van der Waals surface area contributed by atoms with Crippen molar-refractivity contribution in [1.82, 2.24) is 21.3 Å². The Labute approximate surface area is 326 Å². The SMILES string of the molecule is CCCCCCCCCCCCCCCC(=O)N[C@@H](CCC(=O)NCCCC[C@H](N)C(=O)N[C@@H](CCC(=O)O)C(=O)N[C@H]([C]=O)Cc1ccccc1)C(=O)O. The van der Waals surface area contributed by atoms with E-state index >= 15 is 0 Å². The van der Waals surface area contributed by atoms with Gasteiger partial charge in [-0.15, -0.1) is 0 Å². The van der Waals surface area contributed by atoms with Gasteiger partial charge >= 0.3 is 11.9 Å². The lowest BCUT2D eigenvalue weighted by atomic mass is 10.0. The maximum absolute atomic E-state index is 12.9. The predicted octanol–water partition coefficient (Wildman–Crippen LogP) is 4.62. The van der Waals surface area contributed by atoms with E-state index in [2.05, 4.69) is 28.2 Å². The largest absolute Gasteiger partial charge is 0.481 e. The van der Waals surface area contributed by atoms with Crippen LogP contribution in [0.15, 0.2) is 30.3 Å². The fourth-order valence-electron chi connectivity index (χ4n) is 6.10. The number of hydrogen-bond acceptors (Lipinski definition) is 8. The summed E-state index contributed by atoms with van der Waals surface area (Å²) in [6.45, 7) is 2.48. The highest BCUT2D eigenvalue weighted by Crippen LogP contribution is 2.13. The van der Waals surface area contributed by atoms with E-state index in [1.54, 1.807) is 30.6 Å². The van der Waals surface area contributed by atoms with Crippen LogP contribution in [0.2, 0.25) is 0 Å². The van der Waals surface area contributed by atoms with Gasteiger partial charge in [-0.2, -0.15) is 0 Å². The molecule has 0 saturated carbocycles. The van der Waals surface area contributed by atoms with E-state index in [9.17, 15) is 38.7 Å². The topological polar surface area (TPSA) is 234 Å². The number of carbonyl (C=O) groups excluding carboxylic acids is 5. The Balaban J connectivity index is 2.30. The van der Waals surface area contributed by atoms with Gasteiger partial charge in [-0.25, -0.2) is 4.79 Å². The molecule has 0 aliphatic carbocycles. The zero-order valence-electron chi connectivity index (χ0n) is 32.8. The standard InChI is InChI=1S/C41H66N5O9/c1-2-3-4-5-6-7-8-9-10-11-12-13-17-23-37(49)45-35(41(54)55)24-26-36(48)43-28-19-18-22-33(42)39(52)46-34(25-27-38(50)51)40(53)44-32(30-47)29-31-20-15-14-16-21-31/h14-16,20-21,32-35H,2-13,17-19,22-29,42H2,1H3,(H,43,48)(H,44,53)(H,45,49)(H,46,52)(H,50,51)(H,54,55)/t32-,33-,34-,35-/m0/s1. The zero-order valence-corrected chi connectivity index (χ0v) is 32.8. The summed E-state index contributed by atoms with van der Waals surface area (Å²) in [6, 6.07) is 4.51. The first-order chi connectivity index (χ1) is 26.5. The summed E-state index contributed by atoms with van der Waals surface area (Å²) in [4.78, 5) is 84.8. The number of benzene rings is 1. The Kier molecular flexibility index (Phi) is 27.4. The molecule has 309 valence electrons. The first kappa shape index (κ1) is 48.7. The fourth-order valence-corrected chi connectivity index (χ4v) is 6.10. The van der Waals surface area contributed by atoms with Crippen molar-refractivity contribution >= 4 is 41.9 Å². The van der Waals surface area contributed by atoms with Crippen LogP contribution in [-0.2, 0) is 40.0 Å². The van der Waals surface area contributed by atoms with E-state index in [0.29, 0.717) is 19.3 Å². The summed E-state index contributed by atoms with van der Waals surface area (Å²) in [7, 11) is 0. The van der Waals surface area contributed by atoms with Gasteiger partial charge in [0.05, 0.1) is 12.1 Å². The summed E-state index contributed by atoms with van der Waals surface area (Å²) < 4.78 is 0. The van der Waals surface area contributed by atoms with Crippen molar-refractivity contribution in [2.24, 2.45) is 5.73 Å². The molecule has 0 aliphatic rings. The number of unbranched alkanes of at least 4 members (excludes halogenated alkanes) is 13. The third kappa shape index (κ3) is 25.4. The van der Waals surface area contributed by atoms with Crippen molar-refractivity contribution < 1.29 is 43.8 Å². The summed E-state index contributed by atoms with van der Waals surface area (Å²) >= 11 is 0. The second-order valence-corrected chi connectivity index (χ2v) is 14.3. The molecular weight excluding hydrogens is 706 g/mol. The van der Waals surface area contributed by atoms with Crippen molar-refractivity contribution in [2.45, 2.75) is 172 Å². The van der Waals surface area contributed by atoms with E-state index in [1.165, 1.54) is 57.8 Å². The third-order valence-electron chi connectivity index (χ3n) is 9.42. The molecule has 4 amide bonds. The molecule has 0 saturated heterocycles. The van der Waals surface area contributed by atoms with Crippen molar-refractivity contribution in [2.75, 3.05) is 6.54 Å². The average Bonchev–Trinajstić information content (AvgIpc) is 3.16. The van der Waals surface area contributed by atoms with Gasteiger partial charge in [-0.3, -0.25) is 28.8 Å². The van der Waals surface area contributed by atoms with Crippen molar-refractivity contribution in [3.8, 4) is 0 Å². The van der Waals surface area contributed by atoms with E-state index < -0.39 is 54.3 Å². The summed E-state index contributed by atoms with van der Waals surface area (Å²) in [5.41, 5.74) is 6.81. The van der Waals surface area contributed by atoms with Crippen LogP contribution in [0.1, 0.15) is 147 Å². The highest BCUT2D eigenvalue weighted by atomic mass is 16.4. The first-order valence-electron chi connectivity index (χ1n) is 20.2. The third-order valence-corrected chi connectivity index (χ3v) is 9.42. The minimum atomic E-state index is -1.24. The zero-order chi connectivity index (χ0) is 40.7. The van der Waals surface area contributed by atoms with Gasteiger partial charge in [0.1, 0.15) is 12.1 Å². The van der Waals surface area contributed by atoms with Crippen LogP contribution < -0.4 is 27.0 Å². The number of nitrogens with one attached hydrogen (secondary N) is 4. The van der Waals surface area contributed by atoms with Gasteiger partial charge in [-0.05, 0) is 44.1 Å². The number of nitrogens with two attached hydrogens (primary N) is 1. The van der Waals surface area contributed by atoms with E-state index in [4.69, 9.17) is 10.8 Å². The molecule has 0 spiro atoms. The highest BCUT2D eigenvalue weighted by Gasteiger charge is 2.26. The van der Waals surface area contributed by atoms with Gasteiger partial charge in [-0.1, -0.05) is 114 Å². The number of carbonyl (C=O) groups is 6. The van der Waals surface area contributed by atoms with Crippen LogP contribution in [-0.4, -0.2) is 82.8 Å². The number of hydrogen-bond donors (Lipinski definition) is 7. The average molecular weight is 773 g/mol. The maximum Gasteiger partial charge on any atom is 0.326 e. The maximum atomic E-state index is 12.9. The normalized spacial score (nSPS) is 13.1. The van der Waals surface area contributed by atoms with E-state index in [1.807, 2.05) is 6.07 Å². The van der Waals surface area contributed by atoms with Gasteiger partial charge in [0.2, 0.25) is 29.9 Å². The predicted molar refractivity (Wildman–Crippen MR) is 211 cm³/mol. The van der Waals surface area contributed by atoms with E-state index in [-0.39, 0.29) is 56.9 Å². The molecule has 1 aromatic rings. The lowest BCUT2D eigenvalue weighted by Gasteiger charge is -2.22. The molecule has 8 N–H and O–H groups in total. The Morgan fingerprint density at radius 3 is 1.78 bits per heavy atom. The van der Waals surface area contributed by atoms with Crippen molar-refractivity contribution in [1.29, 1.82) is 0 Å². The Bertz CT molecular complexity index is 1280. The minimum absolute atomic E-state index is 0.0505. The Morgan fingerprint density at radius 1 is 0.636 bits per heavy atom. The quantitative estimate of drug-likeness (QED) is 0.0481. The molecule has 0 unspecified atom stereocenters. The van der Waals surface area contributed by atoms with Crippen LogP contribution in [0.3, 0.4) is 0 Å². The van der Waals surface area contributed by atoms with Gasteiger partial charge in [0.25, 0.3) is 0 Å². The number of amides is 4. The second kappa shape index (κ2) is 30.9. The number of carboxylic acid groups (broad SMARTS) is 2. The number of aliphatic carboxylic acids is 2. The Hall–Kier alpha value is -4.33. The molecule has 4 atom stereocenters. The van der Waals surface area contributed by atoms with Crippen LogP contribution in [0.25, 0.3) is 0 Å². The molecule has 14 nitrogen and oxygen atoms in total. The smallest absolute Gasteiger partial charge is 0.326 e. The molecule has 0 heterocycles. The first-order valence-corrected chi connectivity index (χ1v) is 20.2. The molecule has 0 aliphatic heterocycles. The molecule has 0 fully saturated rings. The molecule has 55 heavy (non-hydrogen) atoms. The van der Waals surface area contributed by atoms with Crippen molar-refractivity contribution in [3.63, 3.8) is 0 Å². The van der Waals surface area contributed by atoms with E-state index in [0.717, 1.165) is 24.8 Å². The summed E-state index contributed by atoms with van der Waals surface area (Å²) in [6.07, 6.45) is 18.0. The summed E-state index contributed by atoms with van der Waals surface area (Å²) in [5, 5.41) is 28.9. The van der Waals surface area contributed by atoms with Crippen LogP contribution in [0, 0.1) is 0 Å². The molecule has 0 bridgehead atoms. The Morgan fingerprint density at radius 2 is 1.22 bits per heavy atom. The van der Waals surface area contributed by atoms with Crippen molar-refractivity contribution in [3.05, 3.63) is 35.9 Å². The minimum Gasteiger partial charge on any atom is -0.481 e. The number of carboxylic acids is 2. The van der Waals surface area contributed by atoms with Gasteiger partial charge in [0.15, 0.2) is 0 Å². The fraction of sp³-hybridized carbons (Fsp3) is 0.683. The van der Waals surface area contributed by atoms with Crippen LogP contribution >= 0.6 is 0 Å². The van der Waals surface area contributed by atoms with Gasteiger partial charge < -0.3 is 37.2 Å². The lowest BCUT2D eigenvalue weighted by molar-refractivity contribution is -0.142. The second-order valence-electron chi connectivity index (χ2n) is 14.3. The van der Waals surface area contributed by atoms with Crippen LogP contribution in [0.5, 0.6) is 0 Å². The molecule has 1 rings (SSSR count). The number of rotatable bonds is 34. The highest BCUT2D eigenvalue weighted by molar-refractivity contribution is 5.91. The summed E-state index contributed by atoms with van der Waals surface area (Å²) in [5.74, 6) is -4.46. The molecule has 14 heteroatoms. The molecule has 1 aromatic carbocycles. The molecular formula is C41H66N5O9. The van der Waals surface area contributed by atoms with Crippen LogP contribution in [0.4, 0.5) is 0 Å². The monoisotopic (exact) mass is 772 g/mol. The molecule has 1 radical (unpaired) electrons. The lowest BCUT2D eigenvalue weighted by Crippen LogP contribution is -2.53.